The standard InChI is InChI=1S/C10H9BrF3NO2/c1-2-15-9(16)7-5-6(11)3-4-8(7)17-10(12,13)14/h3-5H,2H2,1H3,(H,15,16). The molecular formula is C10H9BrF3NO2. The SMILES string of the molecule is CCNC(=O)c1cc(Br)ccc1OC(F)(F)F. The molecule has 0 radical (unpaired) electrons. The molecule has 1 amide bonds. The Morgan fingerprint density at radius 1 is 1.47 bits per heavy atom. The summed E-state index contributed by atoms with van der Waals surface area (Å²) in [5.41, 5.74) is -0.168. The lowest BCUT2D eigenvalue weighted by Gasteiger charge is -2.13. The van der Waals surface area contributed by atoms with Gasteiger partial charge in [0.1, 0.15) is 5.75 Å². The smallest absolute Gasteiger partial charge is 0.405 e. The number of amides is 1. The van der Waals surface area contributed by atoms with E-state index in [2.05, 4.69) is 26.0 Å². The Hall–Kier alpha value is -1.24. The summed E-state index contributed by atoms with van der Waals surface area (Å²) in [4.78, 5) is 11.5. The van der Waals surface area contributed by atoms with Crippen LogP contribution in [0.5, 0.6) is 5.75 Å². The summed E-state index contributed by atoms with van der Waals surface area (Å²) in [6, 6.07) is 3.72. The van der Waals surface area contributed by atoms with Crippen LogP contribution in [0, 0.1) is 0 Å². The summed E-state index contributed by atoms with van der Waals surface area (Å²) in [6.45, 7) is 1.98. The topological polar surface area (TPSA) is 38.3 Å². The number of ether oxygens (including phenoxy) is 1. The summed E-state index contributed by atoms with van der Waals surface area (Å²) < 4.78 is 40.6. The predicted molar refractivity (Wildman–Crippen MR) is 58.8 cm³/mol. The Kier molecular flexibility index (Phi) is 4.39. The van der Waals surface area contributed by atoms with Gasteiger partial charge in [0.2, 0.25) is 0 Å². The van der Waals surface area contributed by atoms with Gasteiger partial charge in [-0.3, -0.25) is 4.79 Å². The molecule has 0 atom stereocenters. The summed E-state index contributed by atoms with van der Waals surface area (Å²) in [5, 5.41) is 2.41. The summed E-state index contributed by atoms with van der Waals surface area (Å²) in [5.74, 6) is -1.14. The molecule has 7 heteroatoms. The van der Waals surface area contributed by atoms with Crippen LogP contribution >= 0.6 is 15.9 Å². The Morgan fingerprint density at radius 3 is 2.65 bits per heavy atom. The number of benzene rings is 1. The van der Waals surface area contributed by atoms with Gasteiger partial charge in [0.25, 0.3) is 5.91 Å². The van der Waals surface area contributed by atoms with Gasteiger partial charge in [0.05, 0.1) is 5.56 Å². The minimum Gasteiger partial charge on any atom is -0.405 e. The van der Waals surface area contributed by atoms with Crippen molar-refractivity contribution in [1.82, 2.24) is 5.32 Å². The molecule has 0 aliphatic heterocycles. The molecule has 1 N–H and O–H groups in total. The molecule has 0 fully saturated rings. The Balaban J connectivity index is 3.08. The van der Waals surface area contributed by atoms with Crippen LogP contribution in [0.4, 0.5) is 13.2 Å². The van der Waals surface area contributed by atoms with Crippen molar-refractivity contribution in [3.63, 3.8) is 0 Å². The third-order valence-electron chi connectivity index (χ3n) is 1.75. The van der Waals surface area contributed by atoms with Gasteiger partial charge >= 0.3 is 6.36 Å². The summed E-state index contributed by atoms with van der Waals surface area (Å²) >= 11 is 3.08. The van der Waals surface area contributed by atoms with Crippen LogP contribution in [-0.4, -0.2) is 18.8 Å². The van der Waals surface area contributed by atoms with E-state index in [-0.39, 0.29) is 5.56 Å². The fraction of sp³-hybridized carbons (Fsp3) is 0.300. The van der Waals surface area contributed by atoms with Crippen molar-refractivity contribution in [2.75, 3.05) is 6.54 Å². The van der Waals surface area contributed by atoms with Crippen molar-refractivity contribution in [3.8, 4) is 5.75 Å². The molecule has 94 valence electrons. The second-order valence-corrected chi connectivity index (χ2v) is 3.96. The fourth-order valence-electron chi connectivity index (χ4n) is 1.15. The second kappa shape index (κ2) is 5.39. The zero-order valence-corrected chi connectivity index (χ0v) is 10.4. The first-order valence-corrected chi connectivity index (χ1v) is 5.46. The van der Waals surface area contributed by atoms with E-state index in [1.165, 1.54) is 12.1 Å². The van der Waals surface area contributed by atoms with E-state index in [4.69, 9.17) is 0 Å². The maximum Gasteiger partial charge on any atom is 0.573 e. The monoisotopic (exact) mass is 311 g/mol. The third kappa shape index (κ3) is 4.26. The molecule has 17 heavy (non-hydrogen) atoms. The predicted octanol–water partition coefficient (Wildman–Crippen LogP) is 3.10. The lowest BCUT2D eigenvalue weighted by molar-refractivity contribution is -0.274. The van der Waals surface area contributed by atoms with Crippen LogP contribution in [0.1, 0.15) is 17.3 Å². The van der Waals surface area contributed by atoms with Gasteiger partial charge < -0.3 is 10.1 Å². The maximum atomic E-state index is 12.1. The van der Waals surface area contributed by atoms with Gasteiger partial charge in [-0.15, -0.1) is 13.2 Å². The number of rotatable bonds is 3. The molecule has 0 aliphatic carbocycles. The Bertz CT molecular complexity index is 421. The highest BCUT2D eigenvalue weighted by Crippen LogP contribution is 2.28. The minimum absolute atomic E-state index is 0.168. The number of hydrogen-bond donors (Lipinski definition) is 1. The minimum atomic E-state index is -4.82. The van der Waals surface area contributed by atoms with Gasteiger partial charge in [0.15, 0.2) is 0 Å². The summed E-state index contributed by atoms with van der Waals surface area (Å²) in [7, 11) is 0. The molecule has 0 unspecified atom stereocenters. The molecule has 0 saturated heterocycles. The van der Waals surface area contributed by atoms with Crippen molar-refractivity contribution in [2.24, 2.45) is 0 Å². The number of halogens is 4. The van der Waals surface area contributed by atoms with Crippen LogP contribution < -0.4 is 10.1 Å². The van der Waals surface area contributed by atoms with Crippen molar-refractivity contribution in [2.45, 2.75) is 13.3 Å². The Morgan fingerprint density at radius 2 is 2.12 bits per heavy atom. The second-order valence-electron chi connectivity index (χ2n) is 3.05. The molecule has 3 nitrogen and oxygen atoms in total. The highest BCUT2D eigenvalue weighted by Gasteiger charge is 2.32. The van der Waals surface area contributed by atoms with E-state index in [0.29, 0.717) is 11.0 Å². The van der Waals surface area contributed by atoms with E-state index in [1.807, 2.05) is 0 Å². The zero-order valence-electron chi connectivity index (χ0n) is 8.77. The molecule has 1 aromatic rings. The van der Waals surface area contributed by atoms with Gasteiger partial charge in [0, 0.05) is 11.0 Å². The molecule has 0 heterocycles. The normalized spacial score (nSPS) is 11.1. The fourth-order valence-corrected chi connectivity index (χ4v) is 1.51. The number of nitrogens with one attached hydrogen (secondary N) is 1. The highest BCUT2D eigenvalue weighted by molar-refractivity contribution is 9.10. The Labute approximate surface area is 104 Å². The summed E-state index contributed by atoms with van der Waals surface area (Å²) in [6.07, 6.45) is -4.82. The van der Waals surface area contributed by atoms with Crippen LogP contribution in [0.15, 0.2) is 22.7 Å². The number of hydrogen-bond acceptors (Lipinski definition) is 2. The molecule has 0 bridgehead atoms. The quantitative estimate of drug-likeness (QED) is 0.931. The van der Waals surface area contributed by atoms with Gasteiger partial charge in [-0.05, 0) is 25.1 Å². The average Bonchev–Trinajstić information content (AvgIpc) is 2.19. The van der Waals surface area contributed by atoms with Gasteiger partial charge in [-0.1, -0.05) is 15.9 Å². The largest absolute Gasteiger partial charge is 0.573 e. The molecular weight excluding hydrogens is 303 g/mol. The van der Waals surface area contributed by atoms with E-state index < -0.39 is 18.0 Å². The van der Waals surface area contributed by atoms with Gasteiger partial charge in [-0.25, -0.2) is 0 Å². The van der Waals surface area contributed by atoms with E-state index in [9.17, 15) is 18.0 Å². The van der Waals surface area contributed by atoms with Crippen molar-refractivity contribution >= 4 is 21.8 Å². The lowest BCUT2D eigenvalue weighted by atomic mass is 10.2. The molecule has 1 aromatic carbocycles. The number of carbonyl (C=O) groups excluding carboxylic acids is 1. The van der Waals surface area contributed by atoms with Crippen molar-refractivity contribution in [1.29, 1.82) is 0 Å². The zero-order chi connectivity index (χ0) is 13.1. The van der Waals surface area contributed by atoms with Crippen LogP contribution in [-0.2, 0) is 0 Å². The number of alkyl halides is 3. The lowest BCUT2D eigenvalue weighted by Crippen LogP contribution is -2.25. The number of carbonyl (C=O) groups is 1. The third-order valence-corrected chi connectivity index (χ3v) is 2.24. The van der Waals surface area contributed by atoms with Crippen molar-refractivity contribution in [3.05, 3.63) is 28.2 Å². The van der Waals surface area contributed by atoms with Crippen LogP contribution in [0.3, 0.4) is 0 Å². The first-order valence-electron chi connectivity index (χ1n) is 4.67. The van der Waals surface area contributed by atoms with Crippen LogP contribution in [0.2, 0.25) is 0 Å². The first-order chi connectivity index (χ1) is 7.83. The first kappa shape index (κ1) is 13.8. The maximum absolute atomic E-state index is 12.1. The molecule has 0 spiro atoms. The molecule has 0 aromatic heterocycles. The molecule has 0 saturated carbocycles. The van der Waals surface area contributed by atoms with E-state index in [1.54, 1.807) is 6.92 Å². The van der Waals surface area contributed by atoms with Crippen molar-refractivity contribution < 1.29 is 22.7 Å². The van der Waals surface area contributed by atoms with E-state index in [0.717, 1.165) is 6.07 Å². The molecule has 0 aliphatic rings. The van der Waals surface area contributed by atoms with Crippen LogP contribution in [0.25, 0.3) is 0 Å². The van der Waals surface area contributed by atoms with Gasteiger partial charge in [-0.2, -0.15) is 0 Å². The average molecular weight is 312 g/mol. The highest BCUT2D eigenvalue weighted by atomic mass is 79.9. The van der Waals surface area contributed by atoms with E-state index >= 15 is 0 Å². The molecule has 1 rings (SSSR count).